The van der Waals surface area contributed by atoms with E-state index in [1.165, 1.54) is 0 Å². The second-order valence-corrected chi connectivity index (χ2v) is 16.8. The second kappa shape index (κ2) is 14.5. The summed E-state index contributed by atoms with van der Waals surface area (Å²) in [6.45, 7) is -0.211. The Morgan fingerprint density at radius 3 is 1.49 bits per heavy atom. The van der Waals surface area contributed by atoms with Gasteiger partial charge in [0.2, 0.25) is 0 Å². The molecule has 3 heterocycles. The Labute approximate surface area is 379 Å². The van der Waals surface area contributed by atoms with Crippen LogP contribution in [0.3, 0.4) is 0 Å². The average Bonchev–Trinajstić information content (AvgIpc) is 4.03. The second-order valence-electron chi connectivity index (χ2n) is 16.8. The van der Waals surface area contributed by atoms with Crippen molar-refractivity contribution in [1.29, 1.82) is 0 Å². The number of hydrogen-bond donors (Lipinski definition) is 0. The van der Waals surface area contributed by atoms with Gasteiger partial charge in [0.1, 0.15) is 22.3 Å². The third kappa shape index (κ3) is 5.93. The van der Waals surface area contributed by atoms with E-state index < -0.39 is 6.85 Å². The quantitative estimate of drug-likeness (QED) is 0.160. The van der Waals surface area contributed by atoms with Crippen molar-refractivity contribution in [2.75, 3.05) is 9.80 Å². The van der Waals surface area contributed by atoms with Gasteiger partial charge >= 0.3 is 0 Å². The predicted octanol–water partition coefficient (Wildman–Crippen LogP) is 17.3. The molecule has 3 aromatic heterocycles. The summed E-state index contributed by atoms with van der Waals surface area (Å²) in [5, 5.41) is 8.42. The Hall–Kier alpha value is -8.54. The summed E-state index contributed by atoms with van der Waals surface area (Å²) < 4.78 is 39.8. The van der Waals surface area contributed by atoms with Crippen molar-refractivity contribution in [2.24, 2.45) is 0 Å². The molecule has 0 saturated heterocycles. The van der Waals surface area contributed by atoms with Gasteiger partial charge < -0.3 is 23.2 Å². The van der Waals surface area contributed by atoms with E-state index in [4.69, 9.17) is 12.9 Å². The number of anilines is 6. The number of nitrogens with zero attached hydrogens (tertiary/aromatic N) is 3. The maximum atomic E-state index is 8.18. The van der Waals surface area contributed by atoms with Crippen LogP contribution in [0.15, 0.2) is 221 Å². The molecule has 0 radical (unpaired) electrons. The van der Waals surface area contributed by atoms with Gasteiger partial charge in [0.05, 0.1) is 11.0 Å². The first-order valence-electron chi connectivity index (χ1n) is 23.4. The van der Waals surface area contributed by atoms with Gasteiger partial charge in [-0.2, -0.15) is 0 Å². The van der Waals surface area contributed by atoms with Gasteiger partial charge in [-0.3, -0.25) is 0 Å². The van der Waals surface area contributed by atoms with Crippen LogP contribution in [0.4, 0.5) is 34.1 Å². The summed E-state index contributed by atoms with van der Waals surface area (Å²) in [6.07, 6.45) is 0. The van der Waals surface area contributed by atoms with Gasteiger partial charge in [0, 0.05) is 88.4 Å². The highest BCUT2D eigenvalue weighted by molar-refractivity contribution is 6.15. The van der Waals surface area contributed by atoms with Gasteiger partial charge in [-0.1, -0.05) is 103 Å². The van der Waals surface area contributed by atoms with Crippen LogP contribution in [0.25, 0.3) is 82.1 Å². The van der Waals surface area contributed by atoms with Crippen LogP contribution >= 0.6 is 0 Å². The maximum Gasteiger partial charge on any atom is 0.138 e. The molecule has 13 aromatic rings. The zero-order valence-corrected chi connectivity index (χ0v) is 35.4. The fourth-order valence-corrected chi connectivity index (χ4v) is 9.91. The Morgan fingerprint density at radius 2 is 0.877 bits per heavy atom. The number of furan rings is 2. The smallest absolute Gasteiger partial charge is 0.138 e. The first-order valence-corrected chi connectivity index (χ1v) is 21.9. The van der Waals surface area contributed by atoms with Crippen LogP contribution < -0.4 is 9.80 Å². The van der Waals surface area contributed by atoms with E-state index >= 15 is 0 Å². The van der Waals surface area contributed by atoms with E-state index in [2.05, 4.69) is 185 Å². The van der Waals surface area contributed by atoms with Crippen LogP contribution in [0, 0.1) is 13.8 Å². The van der Waals surface area contributed by atoms with Gasteiger partial charge in [0.25, 0.3) is 0 Å². The fourth-order valence-electron chi connectivity index (χ4n) is 9.91. The van der Waals surface area contributed by atoms with Crippen molar-refractivity contribution in [1.82, 2.24) is 4.57 Å². The Morgan fingerprint density at radius 1 is 0.369 bits per heavy atom. The summed E-state index contributed by atoms with van der Waals surface area (Å²) in [6, 6.07) is 73.8. The third-order valence-electron chi connectivity index (χ3n) is 12.9. The lowest BCUT2D eigenvalue weighted by Crippen LogP contribution is -2.10. The molecule has 308 valence electrons. The maximum absolute atomic E-state index is 8.18. The molecule has 0 aliphatic heterocycles. The minimum absolute atomic E-state index is 0.208. The summed E-state index contributed by atoms with van der Waals surface area (Å²) in [5.74, 6) is 0. The van der Waals surface area contributed by atoms with E-state index in [1.807, 2.05) is 36.4 Å². The van der Waals surface area contributed by atoms with Crippen LogP contribution in [-0.4, -0.2) is 4.57 Å². The van der Waals surface area contributed by atoms with Crippen molar-refractivity contribution in [3.8, 4) is 5.69 Å². The molecule has 0 unspecified atom stereocenters. The molecule has 0 bridgehead atoms. The first kappa shape index (κ1) is 34.0. The first-order chi connectivity index (χ1) is 33.2. The van der Waals surface area contributed by atoms with E-state index in [0.29, 0.717) is 11.2 Å². The van der Waals surface area contributed by atoms with Crippen LogP contribution in [0.1, 0.15) is 15.2 Å². The SMILES string of the molecule is [2H]C([2H])([2H])c1cccc2c1oc1cc(N(c3ccccc3)c3ccc4c5cc6ccc(N(c7ccccc7)c7ccc8c(c7)oc7c(C)cccc78)cc6cc5n(-c5ccccc5)c4c3)ccc12. The number of benzene rings is 10. The van der Waals surface area contributed by atoms with Crippen molar-refractivity contribution < 1.29 is 12.9 Å². The molecule has 0 spiro atoms. The molecule has 0 atom stereocenters. The Balaban J connectivity index is 0.985. The Kier molecular flexibility index (Phi) is 7.59. The lowest BCUT2D eigenvalue weighted by molar-refractivity contribution is 0.665. The molecule has 13 rings (SSSR count). The van der Waals surface area contributed by atoms with Crippen molar-refractivity contribution in [3.05, 3.63) is 223 Å². The molecule has 0 N–H and O–H groups in total. The number of fused-ring (bicyclic) bond motifs is 10. The van der Waals surface area contributed by atoms with Crippen molar-refractivity contribution in [2.45, 2.75) is 13.8 Å². The number of para-hydroxylation sites is 5. The molecule has 0 saturated carbocycles. The number of aryl methyl sites for hydroxylation is 2. The molecule has 10 aromatic carbocycles. The molecule has 5 nitrogen and oxygen atoms in total. The highest BCUT2D eigenvalue weighted by Crippen LogP contribution is 2.44. The average molecular weight is 839 g/mol. The summed E-state index contributed by atoms with van der Waals surface area (Å²) in [4.78, 5) is 4.53. The van der Waals surface area contributed by atoms with Gasteiger partial charge in [0.15, 0.2) is 0 Å². The standard InChI is InChI=1S/C60H41N3O2/c1-38-14-12-22-52-50-30-27-47(36-57(50)64-59(38)52)61(42-16-6-3-7-17-42)45-25-24-40-33-54-49-29-26-46(35-56(49)63(44-20-10-5-11-21-44)55(54)34-41(40)32-45)62(43-18-8-4-9-19-43)48-28-31-51-53-23-13-15-39(2)60(53)65-58(51)37-48/h3-37H,1-2H3/i2D3. The number of rotatable bonds is 7. The van der Waals surface area contributed by atoms with Crippen LogP contribution in [0.2, 0.25) is 0 Å². The van der Waals surface area contributed by atoms with Crippen molar-refractivity contribution >= 4 is 111 Å². The molecule has 0 amide bonds. The molecule has 0 aliphatic carbocycles. The minimum Gasteiger partial charge on any atom is -0.456 e. The number of aromatic nitrogens is 1. The van der Waals surface area contributed by atoms with Gasteiger partial charge in [-0.05, 0) is 133 Å². The molecule has 5 heteroatoms. The molecule has 0 fully saturated rings. The van der Waals surface area contributed by atoms with Crippen LogP contribution in [0.5, 0.6) is 0 Å². The van der Waals surface area contributed by atoms with Crippen LogP contribution in [-0.2, 0) is 0 Å². The molecule has 65 heavy (non-hydrogen) atoms. The highest BCUT2D eigenvalue weighted by atomic mass is 16.3. The summed E-state index contributed by atoms with van der Waals surface area (Å²) in [5.41, 5.74) is 13.3. The number of hydrogen-bond acceptors (Lipinski definition) is 4. The summed E-state index contributed by atoms with van der Waals surface area (Å²) in [7, 11) is 0. The van der Waals surface area contributed by atoms with Gasteiger partial charge in [-0.15, -0.1) is 0 Å². The lowest BCUT2D eigenvalue weighted by atomic mass is 10.0. The fraction of sp³-hybridized carbons (Fsp3) is 0.0333. The molecule has 0 aliphatic rings. The van der Waals surface area contributed by atoms with E-state index in [1.54, 1.807) is 12.1 Å². The summed E-state index contributed by atoms with van der Waals surface area (Å²) >= 11 is 0. The topological polar surface area (TPSA) is 37.7 Å². The van der Waals surface area contributed by atoms with E-state index in [9.17, 15) is 0 Å². The minimum atomic E-state index is -2.30. The van der Waals surface area contributed by atoms with Crippen molar-refractivity contribution in [3.63, 3.8) is 0 Å². The zero-order valence-electron chi connectivity index (χ0n) is 38.4. The van der Waals surface area contributed by atoms with E-state index in [-0.39, 0.29) is 5.56 Å². The van der Waals surface area contributed by atoms with Gasteiger partial charge in [-0.25, -0.2) is 0 Å². The normalized spacial score (nSPS) is 12.7. The lowest BCUT2D eigenvalue weighted by Gasteiger charge is -2.25. The predicted molar refractivity (Wildman–Crippen MR) is 272 cm³/mol. The monoisotopic (exact) mass is 838 g/mol. The molecular formula is C60H41N3O2. The molecular weight excluding hydrogens is 795 g/mol. The largest absolute Gasteiger partial charge is 0.456 e. The Bertz CT molecular complexity index is 4100. The highest BCUT2D eigenvalue weighted by Gasteiger charge is 2.21. The zero-order chi connectivity index (χ0) is 45.7. The third-order valence-corrected chi connectivity index (χ3v) is 12.9. The van der Waals surface area contributed by atoms with E-state index in [0.717, 1.165) is 111 Å².